The van der Waals surface area contributed by atoms with Crippen LogP contribution in [0.4, 0.5) is 0 Å². The van der Waals surface area contributed by atoms with Crippen molar-refractivity contribution >= 4 is 35.9 Å². The minimum atomic E-state index is -0.0626. The van der Waals surface area contributed by atoms with Crippen LogP contribution < -0.4 is 10.6 Å². The first-order valence-electron chi connectivity index (χ1n) is 9.36. The molecule has 0 heterocycles. The average molecular weight is 484 g/mol. The van der Waals surface area contributed by atoms with Crippen LogP contribution in [-0.4, -0.2) is 31.1 Å². The lowest BCUT2D eigenvalue weighted by Crippen LogP contribution is -2.45. The van der Waals surface area contributed by atoms with Gasteiger partial charge in [0.25, 0.3) is 0 Å². The molecule has 0 aliphatic heterocycles. The lowest BCUT2D eigenvalue weighted by atomic mass is 9.86. The molecular formula is C20H29IN4O2. The third-order valence-electron chi connectivity index (χ3n) is 4.53. The molecule has 0 bridgehead atoms. The van der Waals surface area contributed by atoms with Crippen molar-refractivity contribution in [3.63, 3.8) is 0 Å². The smallest absolute Gasteiger partial charge is 0.308 e. The van der Waals surface area contributed by atoms with Gasteiger partial charge in [0, 0.05) is 12.6 Å². The highest BCUT2D eigenvalue weighted by molar-refractivity contribution is 14.0. The maximum Gasteiger partial charge on any atom is 0.308 e. The molecular weight excluding hydrogens is 455 g/mol. The molecule has 1 aromatic carbocycles. The first-order chi connectivity index (χ1) is 12.7. The Balaban J connectivity index is 0.00000364. The zero-order valence-corrected chi connectivity index (χ0v) is 18.4. The molecule has 0 amide bonds. The summed E-state index contributed by atoms with van der Waals surface area (Å²) in [4.78, 5) is 16.5. The summed E-state index contributed by atoms with van der Waals surface area (Å²) in [5.41, 5.74) is 1.72. The second-order valence-electron chi connectivity index (χ2n) is 6.45. The second kappa shape index (κ2) is 12.5. The number of nitriles is 1. The van der Waals surface area contributed by atoms with Gasteiger partial charge in [0.1, 0.15) is 0 Å². The number of guanidine groups is 1. The molecule has 1 saturated carbocycles. The lowest BCUT2D eigenvalue weighted by molar-refractivity contribution is -0.149. The van der Waals surface area contributed by atoms with Gasteiger partial charge in [-0.05, 0) is 57.2 Å². The first kappa shape index (κ1) is 23.2. The topological polar surface area (TPSA) is 86.5 Å². The van der Waals surface area contributed by atoms with E-state index in [-0.39, 0.29) is 35.9 Å². The number of aliphatic imine (C=N–C) groups is 1. The first-order valence-corrected chi connectivity index (χ1v) is 9.36. The molecule has 2 rings (SSSR count). The predicted octanol–water partition coefficient (Wildman–Crippen LogP) is 3.35. The van der Waals surface area contributed by atoms with Crippen LogP contribution in [0.2, 0.25) is 0 Å². The van der Waals surface area contributed by atoms with Gasteiger partial charge in [-0.2, -0.15) is 5.26 Å². The Labute approximate surface area is 178 Å². The van der Waals surface area contributed by atoms with Crippen molar-refractivity contribution < 1.29 is 9.53 Å². The molecule has 6 nitrogen and oxygen atoms in total. The molecule has 0 radical (unpaired) electrons. The molecule has 1 aliphatic rings. The lowest BCUT2D eigenvalue weighted by Gasteiger charge is -2.29. The van der Waals surface area contributed by atoms with E-state index in [1.807, 2.05) is 38.1 Å². The summed E-state index contributed by atoms with van der Waals surface area (Å²) in [6.45, 7) is 5.68. The molecule has 2 N–H and O–H groups in total. The highest BCUT2D eigenvalue weighted by atomic mass is 127. The molecule has 0 unspecified atom stereocenters. The highest BCUT2D eigenvalue weighted by Crippen LogP contribution is 2.25. The van der Waals surface area contributed by atoms with E-state index in [4.69, 9.17) is 10.00 Å². The SMILES string of the molecule is CCNC(=NCc1ccc(C#N)cc1)NC1CCC(C(=O)OCC)CC1.I. The summed E-state index contributed by atoms with van der Waals surface area (Å²) >= 11 is 0. The number of ether oxygens (including phenoxy) is 1. The van der Waals surface area contributed by atoms with Crippen LogP contribution in [0.3, 0.4) is 0 Å². The third kappa shape index (κ3) is 7.75. The molecule has 1 aliphatic carbocycles. The Hall–Kier alpha value is -1.82. The fraction of sp³-hybridized carbons (Fsp3) is 0.550. The van der Waals surface area contributed by atoms with Crippen LogP contribution in [0.5, 0.6) is 0 Å². The molecule has 27 heavy (non-hydrogen) atoms. The van der Waals surface area contributed by atoms with E-state index in [1.54, 1.807) is 0 Å². The normalized spacial score (nSPS) is 19.4. The Bertz CT molecular complexity index is 647. The van der Waals surface area contributed by atoms with Gasteiger partial charge < -0.3 is 15.4 Å². The van der Waals surface area contributed by atoms with E-state index in [9.17, 15) is 4.79 Å². The summed E-state index contributed by atoms with van der Waals surface area (Å²) in [5, 5.41) is 15.6. The van der Waals surface area contributed by atoms with Crippen LogP contribution in [0, 0.1) is 17.2 Å². The number of nitrogens with zero attached hydrogens (tertiary/aromatic N) is 2. The van der Waals surface area contributed by atoms with Gasteiger partial charge >= 0.3 is 5.97 Å². The van der Waals surface area contributed by atoms with Gasteiger partial charge in [-0.1, -0.05) is 12.1 Å². The van der Waals surface area contributed by atoms with Crippen molar-refractivity contribution in [3.8, 4) is 6.07 Å². The average Bonchev–Trinajstić information content (AvgIpc) is 2.67. The number of halogens is 1. The monoisotopic (exact) mass is 484 g/mol. The molecule has 1 fully saturated rings. The van der Waals surface area contributed by atoms with Gasteiger partial charge in [0.05, 0.1) is 30.7 Å². The minimum absolute atomic E-state index is 0. The molecule has 0 saturated heterocycles. The Morgan fingerprint density at radius 1 is 1.22 bits per heavy atom. The van der Waals surface area contributed by atoms with Crippen LogP contribution >= 0.6 is 24.0 Å². The van der Waals surface area contributed by atoms with Crippen molar-refractivity contribution in [2.75, 3.05) is 13.2 Å². The summed E-state index contributed by atoms with van der Waals surface area (Å²) in [7, 11) is 0. The summed E-state index contributed by atoms with van der Waals surface area (Å²) < 4.78 is 5.12. The van der Waals surface area contributed by atoms with Crippen molar-refractivity contribution in [1.29, 1.82) is 5.26 Å². The Kier molecular flexibility index (Phi) is 10.8. The maximum absolute atomic E-state index is 11.8. The largest absolute Gasteiger partial charge is 0.466 e. The van der Waals surface area contributed by atoms with Crippen LogP contribution in [0.1, 0.15) is 50.7 Å². The second-order valence-corrected chi connectivity index (χ2v) is 6.45. The standard InChI is InChI=1S/C20H28N4O2.HI/c1-3-22-20(23-14-16-7-5-15(13-21)6-8-16)24-18-11-9-17(10-12-18)19(25)26-4-2;/h5-8,17-18H,3-4,9-12,14H2,1-2H3,(H2,22,23,24);1H. The van der Waals surface area contributed by atoms with E-state index in [2.05, 4.69) is 21.7 Å². The van der Waals surface area contributed by atoms with E-state index >= 15 is 0 Å². The van der Waals surface area contributed by atoms with Gasteiger partial charge in [-0.3, -0.25) is 4.79 Å². The number of benzene rings is 1. The fourth-order valence-corrected chi connectivity index (χ4v) is 3.10. The molecule has 0 atom stereocenters. The van der Waals surface area contributed by atoms with Crippen LogP contribution in [0.15, 0.2) is 29.3 Å². The molecule has 148 valence electrons. The van der Waals surface area contributed by atoms with E-state index in [0.717, 1.165) is 43.8 Å². The molecule has 7 heteroatoms. The van der Waals surface area contributed by atoms with Crippen molar-refractivity contribution in [1.82, 2.24) is 10.6 Å². The highest BCUT2D eigenvalue weighted by Gasteiger charge is 2.27. The van der Waals surface area contributed by atoms with E-state index < -0.39 is 0 Å². The minimum Gasteiger partial charge on any atom is -0.466 e. The number of carbonyl (C=O) groups excluding carboxylic acids is 1. The predicted molar refractivity (Wildman–Crippen MR) is 117 cm³/mol. The van der Waals surface area contributed by atoms with Gasteiger partial charge in [-0.25, -0.2) is 4.99 Å². The Morgan fingerprint density at radius 2 is 1.89 bits per heavy atom. The van der Waals surface area contributed by atoms with Gasteiger partial charge in [-0.15, -0.1) is 24.0 Å². The molecule has 0 aromatic heterocycles. The number of esters is 1. The summed E-state index contributed by atoms with van der Waals surface area (Å²) in [6.07, 6.45) is 3.58. The quantitative estimate of drug-likeness (QED) is 0.280. The van der Waals surface area contributed by atoms with E-state index in [1.165, 1.54) is 0 Å². The van der Waals surface area contributed by atoms with Gasteiger partial charge in [0.2, 0.25) is 0 Å². The number of hydrogen-bond donors (Lipinski definition) is 2. The maximum atomic E-state index is 11.8. The van der Waals surface area contributed by atoms with Gasteiger partial charge in [0.15, 0.2) is 5.96 Å². The van der Waals surface area contributed by atoms with Crippen molar-refractivity contribution in [2.45, 2.75) is 52.1 Å². The molecule has 0 spiro atoms. The van der Waals surface area contributed by atoms with Crippen LogP contribution in [-0.2, 0) is 16.1 Å². The summed E-state index contributed by atoms with van der Waals surface area (Å²) in [6, 6.07) is 9.91. The van der Waals surface area contributed by atoms with Crippen molar-refractivity contribution in [2.24, 2.45) is 10.9 Å². The number of hydrogen-bond acceptors (Lipinski definition) is 4. The summed E-state index contributed by atoms with van der Waals surface area (Å²) in [5.74, 6) is 0.759. The number of nitrogens with one attached hydrogen (secondary N) is 2. The zero-order valence-electron chi connectivity index (χ0n) is 16.0. The Morgan fingerprint density at radius 3 is 2.44 bits per heavy atom. The fourth-order valence-electron chi connectivity index (χ4n) is 3.10. The number of carbonyl (C=O) groups is 1. The van der Waals surface area contributed by atoms with E-state index in [0.29, 0.717) is 24.8 Å². The number of rotatable bonds is 6. The third-order valence-corrected chi connectivity index (χ3v) is 4.53. The zero-order chi connectivity index (χ0) is 18.8. The van der Waals surface area contributed by atoms with Crippen molar-refractivity contribution in [3.05, 3.63) is 35.4 Å². The molecule has 1 aromatic rings. The van der Waals surface area contributed by atoms with Crippen LogP contribution in [0.25, 0.3) is 0 Å².